The minimum absolute atomic E-state index is 0.0396. The maximum atomic E-state index is 12.0. The predicted molar refractivity (Wildman–Crippen MR) is 65.7 cm³/mol. The van der Waals surface area contributed by atoms with Gasteiger partial charge in [-0.05, 0) is 31.5 Å². The Morgan fingerprint density at radius 1 is 1.25 bits per heavy atom. The summed E-state index contributed by atoms with van der Waals surface area (Å²) in [4.78, 5) is 12.0. The number of anilines is 1. The summed E-state index contributed by atoms with van der Waals surface area (Å²) in [5, 5.41) is 1.64. The van der Waals surface area contributed by atoms with Crippen molar-refractivity contribution < 1.29 is 4.79 Å². The molecule has 0 unspecified atom stereocenters. The number of rotatable bonds is 3. The minimum atomic E-state index is -0.571. The highest BCUT2D eigenvalue weighted by Gasteiger charge is 2.29. The molecule has 0 heterocycles. The van der Waals surface area contributed by atoms with Gasteiger partial charge in [-0.15, -0.1) is 0 Å². The van der Waals surface area contributed by atoms with E-state index in [0.29, 0.717) is 5.69 Å². The fourth-order valence-corrected chi connectivity index (χ4v) is 1.37. The zero-order valence-corrected chi connectivity index (χ0v) is 10.2. The number of carbonyl (C=O) groups excluding carboxylic acids is 1. The average molecular weight is 221 g/mol. The van der Waals surface area contributed by atoms with Gasteiger partial charge >= 0.3 is 0 Å². The van der Waals surface area contributed by atoms with Crippen LogP contribution in [0, 0.1) is 0 Å². The van der Waals surface area contributed by atoms with E-state index < -0.39 is 5.41 Å². The number of nitrogens with one attached hydrogen (secondary N) is 1. The molecule has 0 radical (unpaired) electrons. The smallest absolute Gasteiger partial charge is 0.244 e. The fraction of sp³-hybridized carbons (Fsp3) is 0.417. The van der Waals surface area contributed by atoms with Crippen molar-refractivity contribution in [2.75, 3.05) is 19.8 Å². The van der Waals surface area contributed by atoms with Gasteiger partial charge in [-0.2, -0.15) is 0 Å². The van der Waals surface area contributed by atoms with Gasteiger partial charge in [0, 0.05) is 19.8 Å². The van der Waals surface area contributed by atoms with E-state index in [0.717, 1.165) is 5.56 Å². The number of nitrogens with zero attached hydrogens (tertiary/aromatic N) is 1. The van der Waals surface area contributed by atoms with E-state index in [4.69, 9.17) is 5.73 Å². The van der Waals surface area contributed by atoms with E-state index in [1.807, 2.05) is 26.0 Å². The molecule has 0 aliphatic heterocycles. The lowest BCUT2D eigenvalue weighted by Gasteiger charge is -2.26. The van der Waals surface area contributed by atoms with Gasteiger partial charge in [0.25, 0.3) is 0 Å². The molecule has 0 aliphatic rings. The van der Waals surface area contributed by atoms with Crippen molar-refractivity contribution >= 4 is 11.6 Å². The second kappa shape index (κ2) is 4.53. The van der Waals surface area contributed by atoms with E-state index >= 15 is 0 Å². The first-order chi connectivity index (χ1) is 7.34. The molecular weight excluding hydrogens is 202 g/mol. The number of nitrogen functional groups attached to an aromatic ring is 1. The Morgan fingerprint density at radius 3 is 2.19 bits per heavy atom. The van der Waals surface area contributed by atoms with Crippen LogP contribution >= 0.6 is 0 Å². The van der Waals surface area contributed by atoms with Gasteiger partial charge in [-0.1, -0.05) is 12.1 Å². The summed E-state index contributed by atoms with van der Waals surface area (Å²) in [5.74, 6) is -0.0396. The van der Waals surface area contributed by atoms with Crippen LogP contribution in [-0.4, -0.2) is 25.0 Å². The molecule has 0 bridgehead atoms. The van der Waals surface area contributed by atoms with Crippen LogP contribution in [0.15, 0.2) is 24.3 Å². The molecule has 1 rings (SSSR count). The highest BCUT2D eigenvalue weighted by Crippen LogP contribution is 2.24. The van der Waals surface area contributed by atoms with E-state index in [-0.39, 0.29) is 5.91 Å². The van der Waals surface area contributed by atoms with Gasteiger partial charge in [0.1, 0.15) is 0 Å². The third-order valence-corrected chi connectivity index (χ3v) is 2.53. The first-order valence-corrected chi connectivity index (χ1v) is 5.18. The summed E-state index contributed by atoms with van der Waals surface area (Å²) in [6, 6.07) is 7.37. The first kappa shape index (κ1) is 12.5. The topological polar surface area (TPSA) is 58.4 Å². The van der Waals surface area contributed by atoms with E-state index in [9.17, 15) is 4.79 Å². The van der Waals surface area contributed by atoms with E-state index in [1.165, 1.54) is 0 Å². The Labute approximate surface area is 96.4 Å². The molecule has 0 spiro atoms. The highest BCUT2D eigenvalue weighted by molar-refractivity contribution is 5.86. The molecule has 1 aromatic rings. The average Bonchev–Trinajstić information content (AvgIpc) is 2.17. The third-order valence-electron chi connectivity index (χ3n) is 2.53. The van der Waals surface area contributed by atoms with Crippen LogP contribution in [0.1, 0.15) is 19.4 Å². The Bertz CT molecular complexity index is 368. The van der Waals surface area contributed by atoms with Crippen molar-refractivity contribution in [2.45, 2.75) is 19.3 Å². The number of hydrazine groups is 1. The number of nitrogens with two attached hydrogens (primary N) is 1. The Morgan fingerprint density at radius 2 is 1.75 bits per heavy atom. The quantitative estimate of drug-likeness (QED) is 0.594. The number of amides is 1. The van der Waals surface area contributed by atoms with Gasteiger partial charge < -0.3 is 5.73 Å². The Hall–Kier alpha value is -1.55. The molecule has 3 N–H and O–H groups in total. The zero-order chi connectivity index (χ0) is 12.3. The maximum absolute atomic E-state index is 12.0. The monoisotopic (exact) mass is 221 g/mol. The van der Waals surface area contributed by atoms with Gasteiger partial charge in [0.05, 0.1) is 5.41 Å². The van der Waals surface area contributed by atoms with Crippen molar-refractivity contribution in [3.05, 3.63) is 29.8 Å². The van der Waals surface area contributed by atoms with Crippen LogP contribution in [0.3, 0.4) is 0 Å². The summed E-state index contributed by atoms with van der Waals surface area (Å²) in [7, 11) is 3.58. The van der Waals surface area contributed by atoms with Crippen LogP contribution < -0.4 is 11.2 Å². The van der Waals surface area contributed by atoms with Gasteiger partial charge in [0.15, 0.2) is 0 Å². The Kier molecular flexibility index (Phi) is 3.55. The van der Waals surface area contributed by atoms with Crippen molar-refractivity contribution in [3.8, 4) is 0 Å². The molecule has 0 aliphatic carbocycles. The Balaban J connectivity index is 2.92. The molecule has 1 aromatic carbocycles. The highest BCUT2D eigenvalue weighted by atomic mass is 16.2. The predicted octanol–water partition coefficient (Wildman–Crippen LogP) is 1.14. The molecule has 1 amide bonds. The van der Waals surface area contributed by atoms with Crippen molar-refractivity contribution in [3.63, 3.8) is 0 Å². The molecule has 16 heavy (non-hydrogen) atoms. The molecule has 4 heteroatoms. The van der Waals surface area contributed by atoms with Crippen LogP contribution in [0.4, 0.5) is 5.69 Å². The van der Waals surface area contributed by atoms with Gasteiger partial charge in [0.2, 0.25) is 5.91 Å². The SMILES string of the molecule is CN(C)NC(=O)C(C)(C)c1ccc(N)cc1. The fourth-order valence-electron chi connectivity index (χ4n) is 1.37. The molecule has 88 valence electrons. The summed E-state index contributed by atoms with van der Waals surface area (Å²) in [6.07, 6.45) is 0. The number of carbonyl (C=O) groups is 1. The van der Waals surface area contributed by atoms with Crippen molar-refractivity contribution in [2.24, 2.45) is 0 Å². The molecule has 0 atom stereocenters. The second-order valence-corrected chi connectivity index (χ2v) is 4.58. The lowest BCUT2D eigenvalue weighted by molar-refractivity contribution is -0.129. The van der Waals surface area contributed by atoms with Gasteiger partial charge in [-0.25, -0.2) is 5.01 Å². The lowest BCUT2D eigenvalue weighted by Crippen LogP contribution is -2.46. The number of hydrogen-bond acceptors (Lipinski definition) is 3. The molecule has 0 fully saturated rings. The largest absolute Gasteiger partial charge is 0.399 e. The van der Waals surface area contributed by atoms with E-state index in [2.05, 4.69) is 5.43 Å². The summed E-state index contributed by atoms with van der Waals surface area (Å²) < 4.78 is 0. The van der Waals surface area contributed by atoms with E-state index in [1.54, 1.807) is 31.2 Å². The molecule has 0 saturated heterocycles. The molecule has 0 aromatic heterocycles. The molecular formula is C12H19N3O. The maximum Gasteiger partial charge on any atom is 0.244 e. The van der Waals surface area contributed by atoms with Crippen LogP contribution in [0.5, 0.6) is 0 Å². The normalized spacial score (nSPS) is 11.6. The number of hydrogen-bond donors (Lipinski definition) is 2. The van der Waals surface area contributed by atoms with Crippen molar-refractivity contribution in [1.82, 2.24) is 10.4 Å². The minimum Gasteiger partial charge on any atom is -0.399 e. The summed E-state index contributed by atoms with van der Waals surface area (Å²) in [6.45, 7) is 3.77. The second-order valence-electron chi connectivity index (χ2n) is 4.58. The summed E-state index contributed by atoms with van der Waals surface area (Å²) in [5.41, 5.74) is 9.45. The first-order valence-electron chi connectivity index (χ1n) is 5.18. The van der Waals surface area contributed by atoms with Crippen LogP contribution in [0.25, 0.3) is 0 Å². The lowest BCUT2D eigenvalue weighted by atomic mass is 9.84. The zero-order valence-electron chi connectivity index (χ0n) is 10.2. The van der Waals surface area contributed by atoms with Gasteiger partial charge in [-0.3, -0.25) is 10.2 Å². The van der Waals surface area contributed by atoms with Crippen LogP contribution in [0.2, 0.25) is 0 Å². The molecule has 0 saturated carbocycles. The molecule has 4 nitrogen and oxygen atoms in total. The van der Waals surface area contributed by atoms with Crippen molar-refractivity contribution in [1.29, 1.82) is 0 Å². The number of benzene rings is 1. The van der Waals surface area contributed by atoms with Crippen LogP contribution in [-0.2, 0) is 10.2 Å². The third kappa shape index (κ3) is 2.73. The standard InChI is InChI=1S/C12H19N3O/c1-12(2,11(16)14-15(3)4)9-5-7-10(13)8-6-9/h5-8H,13H2,1-4H3,(H,14,16). The summed E-state index contributed by atoms with van der Waals surface area (Å²) >= 11 is 0.